The van der Waals surface area contributed by atoms with Gasteiger partial charge in [-0.15, -0.1) is 0 Å². The Morgan fingerprint density at radius 2 is 2.31 bits per heavy atom. The van der Waals surface area contributed by atoms with E-state index < -0.39 is 0 Å². The van der Waals surface area contributed by atoms with Gasteiger partial charge in [0.1, 0.15) is 0 Å². The average molecular weight is 176 g/mol. The zero-order chi connectivity index (χ0) is 9.10. The lowest BCUT2D eigenvalue weighted by molar-refractivity contribution is 0.121. The Morgan fingerprint density at radius 1 is 1.38 bits per heavy atom. The quantitative estimate of drug-likeness (QED) is 0.610. The van der Waals surface area contributed by atoms with Gasteiger partial charge in [-0.05, 0) is 18.2 Å². The fraction of sp³-hybridized carbons (Fsp3) is 0.100. The summed E-state index contributed by atoms with van der Waals surface area (Å²) in [4.78, 5) is 4.07. The number of aromatic nitrogens is 1. The second-order valence-corrected chi connectivity index (χ2v) is 2.74. The molecule has 1 aliphatic heterocycles. The van der Waals surface area contributed by atoms with E-state index in [1.807, 2.05) is 18.2 Å². The van der Waals surface area contributed by atoms with Crippen LogP contribution in [0, 0.1) is 0 Å². The SMILES string of the molecule is FN1CC=CC=C1c1ccccn1. The van der Waals surface area contributed by atoms with E-state index in [0.29, 0.717) is 23.1 Å². The molecule has 0 fully saturated rings. The summed E-state index contributed by atoms with van der Waals surface area (Å²) >= 11 is 0. The normalized spacial score (nSPS) is 15.8. The molecule has 13 heavy (non-hydrogen) atoms. The van der Waals surface area contributed by atoms with Crippen LogP contribution in [0.25, 0.3) is 5.70 Å². The minimum absolute atomic E-state index is 0.294. The van der Waals surface area contributed by atoms with Crippen molar-refractivity contribution >= 4 is 5.70 Å². The molecule has 0 bridgehead atoms. The van der Waals surface area contributed by atoms with Crippen molar-refractivity contribution in [3.63, 3.8) is 0 Å². The van der Waals surface area contributed by atoms with Gasteiger partial charge in [0.05, 0.1) is 17.9 Å². The third-order valence-corrected chi connectivity index (χ3v) is 1.84. The van der Waals surface area contributed by atoms with E-state index in [9.17, 15) is 4.48 Å². The number of halogens is 1. The van der Waals surface area contributed by atoms with Gasteiger partial charge in [-0.3, -0.25) is 4.98 Å². The van der Waals surface area contributed by atoms with Crippen molar-refractivity contribution in [3.8, 4) is 0 Å². The zero-order valence-corrected chi connectivity index (χ0v) is 7.02. The van der Waals surface area contributed by atoms with Crippen LogP contribution in [0.15, 0.2) is 42.6 Å². The minimum Gasteiger partial charge on any atom is -0.255 e. The van der Waals surface area contributed by atoms with Gasteiger partial charge in [0.15, 0.2) is 0 Å². The lowest BCUT2D eigenvalue weighted by atomic mass is 10.2. The van der Waals surface area contributed by atoms with Gasteiger partial charge >= 0.3 is 0 Å². The van der Waals surface area contributed by atoms with E-state index in [0.717, 1.165) is 0 Å². The summed E-state index contributed by atoms with van der Waals surface area (Å²) in [6.45, 7) is 0.294. The Hall–Kier alpha value is -1.64. The van der Waals surface area contributed by atoms with Crippen LogP contribution < -0.4 is 0 Å². The molecule has 3 heteroatoms. The van der Waals surface area contributed by atoms with Crippen LogP contribution >= 0.6 is 0 Å². The Labute approximate surface area is 76.0 Å². The molecule has 1 aromatic rings. The summed E-state index contributed by atoms with van der Waals surface area (Å²) < 4.78 is 13.2. The molecule has 2 heterocycles. The molecule has 0 saturated heterocycles. The molecule has 0 N–H and O–H groups in total. The highest BCUT2D eigenvalue weighted by Gasteiger charge is 2.11. The molecule has 2 nitrogen and oxygen atoms in total. The maximum atomic E-state index is 13.2. The van der Waals surface area contributed by atoms with Gasteiger partial charge in [0.25, 0.3) is 0 Å². The molecule has 2 rings (SSSR count). The molecule has 1 aliphatic rings. The molecule has 0 atom stereocenters. The minimum atomic E-state index is 0.294. The Balaban J connectivity index is 2.35. The van der Waals surface area contributed by atoms with Gasteiger partial charge in [0, 0.05) is 6.20 Å². The number of nitrogens with zero attached hydrogens (tertiary/aromatic N) is 2. The van der Waals surface area contributed by atoms with Crippen LogP contribution in [0.4, 0.5) is 4.48 Å². The largest absolute Gasteiger partial charge is 0.255 e. The zero-order valence-electron chi connectivity index (χ0n) is 7.02. The standard InChI is InChI=1S/C10H9FN2/c11-13-8-4-2-6-10(13)9-5-1-3-7-12-9/h1-7H,8H2. The Morgan fingerprint density at radius 3 is 3.00 bits per heavy atom. The first-order valence-electron chi connectivity index (χ1n) is 4.09. The first-order chi connectivity index (χ1) is 6.38. The summed E-state index contributed by atoms with van der Waals surface area (Å²) in [5.74, 6) is 0. The molecular weight excluding hydrogens is 167 g/mol. The first-order valence-corrected chi connectivity index (χ1v) is 4.09. The Kier molecular flexibility index (Phi) is 2.08. The smallest absolute Gasteiger partial charge is 0.0947 e. The van der Waals surface area contributed by atoms with Gasteiger partial charge in [-0.1, -0.05) is 22.7 Å². The summed E-state index contributed by atoms with van der Waals surface area (Å²) in [6, 6.07) is 5.44. The van der Waals surface area contributed by atoms with Gasteiger partial charge < -0.3 is 0 Å². The summed E-state index contributed by atoms with van der Waals surface area (Å²) in [5, 5.41) is 0.683. The first kappa shape index (κ1) is 7.98. The molecule has 0 saturated carbocycles. The topological polar surface area (TPSA) is 16.1 Å². The molecule has 0 unspecified atom stereocenters. The predicted molar refractivity (Wildman–Crippen MR) is 49.2 cm³/mol. The van der Waals surface area contributed by atoms with Crippen molar-refractivity contribution in [2.24, 2.45) is 0 Å². The van der Waals surface area contributed by atoms with Crippen molar-refractivity contribution in [3.05, 3.63) is 48.3 Å². The van der Waals surface area contributed by atoms with E-state index >= 15 is 0 Å². The predicted octanol–water partition coefficient (Wildman–Crippen LogP) is 2.18. The van der Waals surface area contributed by atoms with Crippen molar-refractivity contribution in [1.29, 1.82) is 0 Å². The average Bonchev–Trinajstić information content (AvgIpc) is 2.20. The summed E-state index contributed by atoms with van der Waals surface area (Å²) in [6.07, 6.45) is 6.96. The second kappa shape index (κ2) is 3.39. The van der Waals surface area contributed by atoms with Crippen molar-refractivity contribution in [2.75, 3.05) is 6.54 Å². The van der Waals surface area contributed by atoms with Crippen molar-refractivity contribution in [2.45, 2.75) is 0 Å². The van der Waals surface area contributed by atoms with E-state index in [4.69, 9.17) is 0 Å². The monoisotopic (exact) mass is 176 g/mol. The van der Waals surface area contributed by atoms with E-state index in [2.05, 4.69) is 4.98 Å². The molecule has 0 aliphatic carbocycles. The van der Waals surface area contributed by atoms with Crippen LogP contribution in [0.3, 0.4) is 0 Å². The number of hydrogen-bond acceptors (Lipinski definition) is 2. The lowest BCUT2D eigenvalue weighted by Crippen LogP contribution is -2.14. The Bertz CT molecular complexity index is 343. The van der Waals surface area contributed by atoms with Crippen LogP contribution in [-0.4, -0.2) is 16.7 Å². The van der Waals surface area contributed by atoms with E-state index in [1.165, 1.54) is 0 Å². The van der Waals surface area contributed by atoms with Crippen LogP contribution in [-0.2, 0) is 0 Å². The highest BCUT2D eigenvalue weighted by Crippen LogP contribution is 2.19. The number of rotatable bonds is 1. The number of hydrogen-bond donors (Lipinski definition) is 0. The van der Waals surface area contributed by atoms with Crippen molar-refractivity contribution in [1.82, 2.24) is 10.1 Å². The fourth-order valence-electron chi connectivity index (χ4n) is 1.22. The fourth-order valence-corrected chi connectivity index (χ4v) is 1.22. The maximum Gasteiger partial charge on any atom is 0.0947 e. The number of allylic oxidation sites excluding steroid dienone is 2. The van der Waals surface area contributed by atoms with Gasteiger partial charge in [-0.25, -0.2) is 5.12 Å². The molecule has 0 amide bonds. The van der Waals surface area contributed by atoms with E-state index in [-0.39, 0.29) is 0 Å². The highest BCUT2D eigenvalue weighted by atomic mass is 19.2. The van der Waals surface area contributed by atoms with Crippen molar-refractivity contribution < 1.29 is 4.48 Å². The van der Waals surface area contributed by atoms with Crippen LogP contribution in [0.5, 0.6) is 0 Å². The third kappa shape index (κ3) is 1.59. The maximum absolute atomic E-state index is 13.2. The van der Waals surface area contributed by atoms with Gasteiger partial charge in [-0.2, -0.15) is 0 Å². The molecular formula is C10H9FN2. The molecule has 66 valence electrons. The molecule has 0 radical (unpaired) electrons. The molecule has 0 spiro atoms. The van der Waals surface area contributed by atoms with Crippen LogP contribution in [0.1, 0.15) is 5.69 Å². The van der Waals surface area contributed by atoms with E-state index in [1.54, 1.807) is 24.4 Å². The van der Waals surface area contributed by atoms with Gasteiger partial charge in [0.2, 0.25) is 0 Å². The van der Waals surface area contributed by atoms with Crippen LogP contribution in [0.2, 0.25) is 0 Å². The second-order valence-electron chi connectivity index (χ2n) is 2.74. The lowest BCUT2D eigenvalue weighted by Gasteiger charge is -2.17. The third-order valence-electron chi connectivity index (χ3n) is 1.84. The molecule has 1 aromatic heterocycles. The summed E-state index contributed by atoms with van der Waals surface area (Å²) in [7, 11) is 0. The molecule has 0 aromatic carbocycles. The number of pyridine rings is 1. The highest BCUT2D eigenvalue weighted by molar-refractivity contribution is 5.62. The summed E-state index contributed by atoms with van der Waals surface area (Å²) in [5.41, 5.74) is 1.18.